The van der Waals surface area contributed by atoms with Crippen molar-refractivity contribution in [1.29, 1.82) is 0 Å². The summed E-state index contributed by atoms with van der Waals surface area (Å²) in [5.41, 5.74) is -0.635. The molecule has 0 bridgehead atoms. The van der Waals surface area contributed by atoms with Gasteiger partial charge < -0.3 is 5.11 Å². The summed E-state index contributed by atoms with van der Waals surface area (Å²) in [6.07, 6.45) is 0. The molecule has 0 amide bonds. The smallest absolute Gasteiger partial charge is 0.337 e. The molecule has 0 saturated carbocycles. The van der Waals surface area contributed by atoms with Crippen molar-refractivity contribution >= 4 is 45.4 Å². The first kappa shape index (κ1) is 14.2. The number of benzene rings is 1. The van der Waals surface area contributed by atoms with Crippen LogP contribution in [-0.4, -0.2) is 27.9 Å². The molecule has 0 saturated heterocycles. The lowest BCUT2D eigenvalue weighted by atomic mass is 10.2. The molecule has 0 aliphatic heterocycles. The Hall–Kier alpha value is -0.830. The Labute approximate surface area is 106 Å². The van der Waals surface area contributed by atoms with Gasteiger partial charge in [-0.05, 0) is 18.2 Å². The van der Waals surface area contributed by atoms with Crippen LogP contribution in [0.5, 0.6) is 0 Å². The molecule has 0 atom stereocenters. The molecule has 0 unspecified atom stereocenters. The van der Waals surface area contributed by atoms with E-state index in [1.165, 1.54) is 0 Å². The number of hydrogen-bond donors (Lipinski definition) is 1. The van der Waals surface area contributed by atoms with Crippen LogP contribution in [0.4, 0.5) is 0 Å². The normalized spacial score (nSPS) is 12.4. The van der Waals surface area contributed by atoms with Crippen LogP contribution in [0.15, 0.2) is 28.0 Å². The summed E-state index contributed by atoms with van der Waals surface area (Å²) in [7, 11) is 1.44. The van der Waals surface area contributed by atoms with Gasteiger partial charge >= 0.3 is 5.97 Å². The lowest BCUT2D eigenvalue weighted by Crippen LogP contribution is -2.06. The molecule has 1 rings (SSSR count). The van der Waals surface area contributed by atoms with Gasteiger partial charge in [0, 0.05) is 21.4 Å². The van der Waals surface area contributed by atoms with E-state index in [1.54, 1.807) is 0 Å². The molecule has 10 heteroatoms. The fourth-order valence-corrected chi connectivity index (χ4v) is 2.95. The number of carboxylic acid groups (broad SMARTS) is 1. The third-order valence-electron chi connectivity index (χ3n) is 1.73. The van der Waals surface area contributed by atoms with Gasteiger partial charge in [-0.15, -0.1) is 0 Å². The minimum Gasteiger partial charge on any atom is -0.478 e. The van der Waals surface area contributed by atoms with E-state index in [9.17, 15) is 21.6 Å². The summed E-state index contributed by atoms with van der Waals surface area (Å²) in [5, 5.41) is 8.72. The number of hydrogen-bond acceptors (Lipinski definition) is 5. The van der Waals surface area contributed by atoms with Gasteiger partial charge in [-0.25, -0.2) is 21.6 Å². The standard InChI is InChI=1S/C7H4Cl2O6S2/c8-16(12,13)4-1-2-5(7(10)11)6(3-4)17(9,14)15/h1-3H,(H,10,11). The highest BCUT2D eigenvalue weighted by atomic mass is 35.7. The van der Waals surface area contributed by atoms with Crippen LogP contribution in [0.3, 0.4) is 0 Å². The van der Waals surface area contributed by atoms with Gasteiger partial charge in [-0.2, -0.15) is 0 Å². The molecule has 0 aromatic heterocycles. The van der Waals surface area contributed by atoms with Crippen molar-refractivity contribution in [3.63, 3.8) is 0 Å². The first-order chi connectivity index (χ1) is 7.53. The average molecular weight is 319 g/mol. The highest BCUT2D eigenvalue weighted by molar-refractivity contribution is 8.14. The maximum Gasteiger partial charge on any atom is 0.337 e. The van der Waals surface area contributed by atoms with E-state index in [1.807, 2.05) is 0 Å². The predicted octanol–water partition coefficient (Wildman–Crippen LogP) is 1.24. The summed E-state index contributed by atoms with van der Waals surface area (Å²) < 4.78 is 44.1. The fourth-order valence-electron chi connectivity index (χ4n) is 1.03. The van der Waals surface area contributed by atoms with Crippen molar-refractivity contribution < 1.29 is 26.7 Å². The molecule has 0 heterocycles. The van der Waals surface area contributed by atoms with Crippen LogP contribution in [0.1, 0.15) is 10.4 Å². The van der Waals surface area contributed by atoms with Crippen LogP contribution in [0.2, 0.25) is 0 Å². The molecule has 1 aromatic rings. The van der Waals surface area contributed by atoms with E-state index >= 15 is 0 Å². The Balaban J connectivity index is 3.69. The molecule has 0 spiro atoms. The van der Waals surface area contributed by atoms with E-state index in [0.717, 1.165) is 12.1 Å². The Morgan fingerprint density at radius 3 is 1.94 bits per heavy atom. The summed E-state index contributed by atoms with van der Waals surface area (Å²) in [4.78, 5) is 9.35. The van der Waals surface area contributed by atoms with E-state index in [2.05, 4.69) is 0 Å². The van der Waals surface area contributed by atoms with Gasteiger partial charge in [-0.1, -0.05) is 0 Å². The highest BCUT2D eigenvalue weighted by Crippen LogP contribution is 2.25. The number of halogens is 2. The third kappa shape index (κ3) is 3.32. The van der Waals surface area contributed by atoms with Gasteiger partial charge in [0.1, 0.15) is 0 Å². The molecular formula is C7H4Cl2O6S2. The van der Waals surface area contributed by atoms with Gasteiger partial charge in [0.2, 0.25) is 0 Å². The maximum atomic E-state index is 11.1. The van der Waals surface area contributed by atoms with Crippen molar-refractivity contribution in [2.45, 2.75) is 9.79 Å². The number of aromatic carboxylic acids is 1. The molecule has 1 N–H and O–H groups in total. The zero-order valence-electron chi connectivity index (χ0n) is 7.79. The predicted molar refractivity (Wildman–Crippen MR) is 59.5 cm³/mol. The van der Waals surface area contributed by atoms with Gasteiger partial charge in [0.15, 0.2) is 0 Å². The van der Waals surface area contributed by atoms with E-state index in [0.29, 0.717) is 6.07 Å². The number of carbonyl (C=O) groups is 1. The fraction of sp³-hybridized carbons (Fsp3) is 0. The van der Waals surface area contributed by atoms with Crippen molar-refractivity contribution in [3.8, 4) is 0 Å². The molecule has 17 heavy (non-hydrogen) atoms. The van der Waals surface area contributed by atoms with E-state index < -0.39 is 39.4 Å². The SMILES string of the molecule is O=C(O)c1ccc(S(=O)(=O)Cl)cc1S(=O)(=O)Cl. The van der Waals surface area contributed by atoms with Crippen molar-refractivity contribution in [3.05, 3.63) is 23.8 Å². The number of carboxylic acids is 1. The zero-order valence-corrected chi connectivity index (χ0v) is 10.9. The Morgan fingerprint density at radius 1 is 1.06 bits per heavy atom. The van der Waals surface area contributed by atoms with Gasteiger partial charge in [0.05, 0.1) is 15.4 Å². The molecule has 0 aliphatic rings. The van der Waals surface area contributed by atoms with Crippen LogP contribution < -0.4 is 0 Å². The first-order valence-corrected chi connectivity index (χ1v) is 8.42. The lowest BCUT2D eigenvalue weighted by Gasteiger charge is -2.04. The van der Waals surface area contributed by atoms with E-state index in [-0.39, 0.29) is 0 Å². The van der Waals surface area contributed by atoms with Crippen molar-refractivity contribution in [2.24, 2.45) is 0 Å². The Kier molecular flexibility index (Phi) is 3.72. The zero-order chi connectivity index (χ0) is 13.4. The molecular weight excluding hydrogens is 315 g/mol. The maximum absolute atomic E-state index is 11.1. The monoisotopic (exact) mass is 318 g/mol. The molecule has 0 radical (unpaired) electrons. The molecule has 0 aliphatic carbocycles. The summed E-state index contributed by atoms with van der Waals surface area (Å²) in [6.45, 7) is 0. The Bertz CT molecular complexity index is 676. The largest absolute Gasteiger partial charge is 0.478 e. The first-order valence-electron chi connectivity index (χ1n) is 3.80. The molecule has 94 valence electrons. The Morgan fingerprint density at radius 2 is 1.59 bits per heavy atom. The molecule has 1 aromatic carbocycles. The third-order valence-corrected chi connectivity index (χ3v) is 4.44. The summed E-state index contributed by atoms with van der Waals surface area (Å²) in [5.74, 6) is -1.55. The summed E-state index contributed by atoms with van der Waals surface area (Å²) in [6, 6.07) is 2.26. The highest BCUT2D eigenvalue weighted by Gasteiger charge is 2.23. The topological polar surface area (TPSA) is 106 Å². The second kappa shape index (κ2) is 4.45. The second-order valence-corrected chi connectivity index (χ2v) is 7.94. The summed E-state index contributed by atoms with van der Waals surface area (Å²) >= 11 is 0. The van der Waals surface area contributed by atoms with E-state index in [4.69, 9.17) is 26.5 Å². The molecule has 6 nitrogen and oxygen atoms in total. The van der Waals surface area contributed by atoms with Crippen molar-refractivity contribution in [1.82, 2.24) is 0 Å². The van der Waals surface area contributed by atoms with Crippen molar-refractivity contribution in [2.75, 3.05) is 0 Å². The molecule has 0 fully saturated rings. The van der Waals surface area contributed by atoms with Gasteiger partial charge in [-0.3, -0.25) is 0 Å². The van der Waals surface area contributed by atoms with Crippen LogP contribution in [0, 0.1) is 0 Å². The lowest BCUT2D eigenvalue weighted by molar-refractivity contribution is 0.0692. The second-order valence-electron chi connectivity index (χ2n) is 2.84. The van der Waals surface area contributed by atoms with Crippen LogP contribution in [-0.2, 0) is 18.1 Å². The van der Waals surface area contributed by atoms with Gasteiger partial charge in [0.25, 0.3) is 18.1 Å². The van der Waals surface area contributed by atoms with Crippen LogP contribution >= 0.6 is 21.4 Å². The van der Waals surface area contributed by atoms with Crippen LogP contribution in [0.25, 0.3) is 0 Å². The average Bonchev–Trinajstić information content (AvgIpc) is 2.14. The number of rotatable bonds is 3. The minimum absolute atomic E-state index is 0.552. The quantitative estimate of drug-likeness (QED) is 0.840. The minimum atomic E-state index is -4.39.